The number of aromatic nitrogens is 3. The Balaban J connectivity index is 0.00000235. The Kier molecular flexibility index (Phi) is 9.61. The number of likely N-dealkylation sites (N-methyl/N-ethyl adjacent to an activating group) is 1. The fourth-order valence-electron chi connectivity index (χ4n) is 3.33. The topological polar surface area (TPSA) is 88.9 Å². The number of hydrogen-bond acceptors (Lipinski definition) is 6. The van der Waals surface area contributed by atoms with Crippen LogP contribution in [0.3, 0.4) is 0 Å². The number of aromatic amines is 1. The molecule has 3 aromatic rings. The average Bonchev–Trinajstić information content (AvgIpc) is 3.41. The van der Waals surface area contributed by atoms with Crippen LogP contribution in [0.25, 0.3) is 11.3 Å². The van der Waals surface area contributed by atoms with E-state index in [1.54, 1.807) is 37.9 Å². The minimum Gasteiger partial charge on any atom is -0.289 e. The molecule has 3 rings (SSSR count). The molecule has 12 heteroatoms. The average molecular weight is 535 g/mol. The molecular formula is C25H26F4N6OS. The maximum atomic E-state index is 14.8. The lowest BCUT2D eigenvalue weighted by atomic mass is 9.98. The first-order valence-electron chi connectivity index (χ1n) is 11.2. The summed E-state index contributed by atoms with van der Waals surface area (Å²) in [5.41, 5.74) is -0.951. The quantitative estimate of drug-likeness (QED) is 0.308. The SMILES string of the molecule is CC.CN(Cc1ccc(-c2cn[nH]n2)cc1F)C(C)(C)C(=O)N(C=S)c1ccc(C#N)c(C(F)(F)F)c1. The highest BCUT2D eigenvalue weighted by Gasteiger charge is 2.38. The van der Waals surface area contributed by atoms with E-state index in [0.29, 0.717) is 22.9 Å². The fraction of sp³-hybridized carbons (Fsp3) is 0.320. The summed E-state index contributed by atoms with van der Waals surface area (Å²) in [7, 11) is 1.59. The zero-order valence-electron chi connectivity index (χ0n) is 20.9. The molecule has 0 aliphatic heterocycles. The van der Waals surface area contributed by atoms with E-state index in [9.17, 15) is 22.4 Å². The van der Waals surface area contributed by atoms with E-state index >= 15 is 0 Å². The summed E-state index contributed by atoms with van der Waals surface area (Å²) in [6, 6.07) is 8.93. The van der Waals surface area contributed by atoms with E-state index < -0.39 is 34.6 Å². The number of amides is 1. The first-order valence-corrected chi connectivity index (χ1v) is 11.6. The number of thiocarbonyl (C=S) groups is 1. The molecule has 0 aliphatic carbocycles. The van der Waals surface area contributed by atoms with Gasteiger partial charge in [-0.15, -0.1) is 0 Å². The van der Waals surface area contributed by atoms with Crippen LogP contribution in [0.15, 0.2) is 42.6 Å². The number of hydrogen-bond donors (Lipinski definition) is 1. The zero-order valence-corrected chi connectivity index (χ0v) is 21.7. The number of anilines is 1. The number of halogens is 4. The number of nitrogens with one attached hydrogen (secondary N) is 1. The van der Waals surface area contributed by atoms with Gasteiger partial charge in [-0.3, -0.25) is 14.6 Å². The maximum absolute atomic E-state index is 14.8. The van der Waals surface area contributed by atoms with Gasteiger partial charge in [0.2, 0.25) is 0 Å². The minimum atomic E-state index is -4.79. The van der Waals surface area contributed by atoms with E-state index in [0.717, 1.165) is 16.5 Å². The van der Waals surface area contributed by atoms with Crippen LogP contribution in [0, 0.1) is 17.1 Å². The lowest BCUT2D eigenvalue weighted by Gasteiger charge is -2.37. The third kappa shape index (κ3) is 6.55. The van der Waals surface area contributed by atoms with E-state index in [4.69, 9.17) is 17.5 Å². The number of alkyl halides is 3. The molecule has 7 nitrogen and oxygen atoms in total. The Bertz CT molecular complexity index is 1290. The molecule has 1 N–H and O–H groups in total. The van der Waals surface area contributed by atoms with Gasteiger partial charge >= 0.3 is 6.18 Å². The molecule has 1 heterocycles. The molecule has 0 saturated carbocycles. The molecule has 0 radical (unpaired) electrons. The lowest BCUT2D eigenvalue weighted by molar-refractivity contribution is -0.137. The monoisotopic (exact) mass is 534 g/mol. The van der Waals surface area contributed by atoms with Crippen molar-refractivity contribution in [3.05, 3.63) is 65.1 Å². The largest absolute Gasteiger partial charge is 0.417 e. The van der Waals surface area contributed by atoms with E-state index in [2.05, 4.69) is 15.4 Å². The summed E-state index contributed by atoms with van der Waals surface area (Å²) in [5.74, 6) is -1.15. The molecule has 2 aromatic carbocycles. The summed E-state index contributed by atoms with van der Waals surface area (Å²) < 4.78 is 55.0. The normalized spacial score (nSPS) is 11.4. The molecule has 0 fully saturated rings. The first-order chi connectivity index (χ1) is 17.4. The fourth-order valence-corrected chi connectivity index (χ4v) is 3.54. The van der Waals surface area contributed by atoms with Gasteiger partial charge in [0, 0.05) is 23.4 Å². The van der Waals surface area contributed by atoms with Gasteiger partial charge in [0.25, 0.3) is 5.91 Å². The summed E-state index contributed by atoms with van der Waals surface area (Å²) in [6.07, 6.45) is -3.34. The van der Waals surface area contributed by atoms with Gasteiger partial charge in [-0.2, -0.15) is 33.8 Å². The molecule has 0 spiro atoms. The van der Waals surface area contributed by atoms with Gasteiger partial charge < -0.3 is 0 Å². The number of H-pyrrole nitrogens is 1. The molecule has 1 amide bonds. The second-order valence-corrected chi connectivity index (χ2v) is 8.41. The Labute approximate surface area is 217 Å². The van der Waals surface area contributed by atoms with Gasteiger partial charge in [-0.25, -0.2) is 4.39 Å². The first kappa shape index (κ1) is 29.5. The van der Waals surface area contributed by atoms with Crippen LogP contribution in [0.4, 0.5) is 23.2 Å². The molecule has 0 aliphatic rings. The summed E-state index contributed by atoms with van der Waals surface area (Å²) >= 11 is 4.93. The van der Waals surface area contributed by atoms with Crippen LogP contribution in [-0.4, -0.2) is 44.3 Å². The van der Waals surface area contributed by atoms with Gasteiger partial charge in [-0.1, -0.05) is 38.2 Å². The number of nitrogens with zero attached hydrogens (tertiary/aromatic N) is 5. The highest BCUT2D eigenvalue weighted by molar-refractivity contribution is 7.79. The zero-order chi connectivity index (χ0) is 28.0. The number of carbonyl (C=O) groups is 1. The van der Waals surface area contributed by atoms with Crippen molar-refractivity contribution in [2.24, 2.45) is 0 Å². The number of carbonyl (C=O) groups excluding carboxylic acids is 1. The Morgan fingerprint density at radius 1 is 1.19 bits per heavy atom. The van der Waals surface area contributed by atoms with Crippen molar-refractivity contribution < 1.29 is 22.4 Å². The molecule has 0 bridgehead atoms. The predicted molar refractivity (Wildman–Crippen MR) is 136 cm³/mol. The predicted octanol–water partition coefficient (Wildman–Crippen LogP) is 5.73. The van der Waals surface area contributed by atoms with Crippen molar-refractivity contribution in [1.29, 1.82) is 5.26 Å². The van der Waals surface area contributed by atoms with Gasteiger partial charge in [-0.05, 0) is 45.2 Å². The van der Waals surface area contributed by atoms with E-state index in [1.807, 2.05) is 13.8 Å². The standard InChI is InChI=1S/C23H20F4N6OS.C2H6/c1-22(2,32(3)12-16-5-4-14(8-19(16)24)20-11-29-31-30-20)21(34)33(13-35)17-7-6-15(10-28)18(9-17)23(25,26)27;1-2/h4-9,11,13H,12H2,1-3H3,(H,29,30,31);1-2H3. The number of benzene rings is 2. The minimum absolute atomic E-state index is 0.0239. The summed E-state index contributed by atoms with van der Waals surface area (Å²) in [4.78, 5) is 15.8. The second-order valence-electron chi connectivity index (χ2n) is 8.20. The van der Waals surface area contributed by atoms with Crippen LogP contribution in [-0.2, 0) is 17.5 Å². The molecule has 0 unspecified atom stereocenters. The smallest absolute Gasteiger partial charge is 0.289 e. The van der Waals surface area contributed by atoms with Crippen LogP contribution in [0.2, 0.25) is 0 Å². The summed E-state index contributed by atoms with van der Waals surface area (Å²) in [6.45, 7) is 7.13. The van der Waals surface area contributed by atoms with Crippen molar-refractivity contribution >= 4 is 29.3 Å². The third-order valence-electron chi connectivity index (χ3n) is 5.68. The van der Waals surface area contributed by atoms with Crippen LogP contribution < -0.4 is 4.90 Å². The molecule has 0 atom stereocenters. The van der Waals surface area contributed by atoms with Crippen LogP contribution in [0.5, 0.6) is 0 Å². The number of nitriles is 1. The van der Waals surface area contributed by atoms with Gasteiger partial charge in [0.05, 0.1) is 34.4 Å². The van der Waals surface area contributed by atoms with Gasteiger partial charge in [0.15, 0.2) is 0 Å². The van der Waals surface area contributed by atoms with Crippen molar-refractivity contribution in [1.82, 2.24) is 20.3 Å². The van der Waals surface area contributed by atoms with Crippen molar-refractivity contribution in [2.75, 3.05) is 11.9 Å². The highest BCUT2D eigenvalue weighted by Crippen LogP contribution is 2.35. The second kappa shape index (κ2) is 12.0. The van der Waals surface area contributed by atoms with Crippen LogP contribution in [0.1, 0.15) is 44.4 Å². The molecular weight excluding hydrogens is 508 g/mol. The van der Waals surface area contributed by atoms with E-state index in [-0.39, 0.29) is 12.2 Å². The molecule has 0 saturated heterocycles. The Morgan fingerprint density at radius 2 is 1.86 bits per heavy atom. The van der Waals surface area contributed by atoms with Crippen molar-refractivity contribution in [2.45, 2.75) is 46.0 Å². The molecule has 1 aromatic heterocycles. The summed E-state index contributed by atoms with van der Waals surface area (Å²) in [5, 5.41) is 19.1. The maximum Gasteiger partial charge on any atom is 0.417 e. The molecule has 196 valence electrons. The Morgan fingerprint density at radius 3 is 2.38 bits per heavy atom. The van der Waals surface area contributed by atoms with Crippen molar-refractivity contribution in [3.63, 3.8) is 0 Å². The van der Waals surface area contributed by atoms with Crippen molar-refractivity contribution in [3.8, 4) is 17.3 Å². The van der Waals surface area contributed by atoms with Crippen LogP contribution >= 0.6 is 12.2 Å². The third-order valence-corrected chi connectivity index (χ3v) is 5.89. The lowest BCUT2D eigenvalue weighted by Crippen LogP contribution is -2.54. The molecule has 37 heavy (non-hydrogen) atoms. The highest BCUT2D eigenvalue weighted by atomic mass is 32.1. The number of rotatable bonds is 7. The Hall–Kier alpha value is -3.69. The van der Waals surface area contributed by atoms with Gasteiger partial charge in [0.1, 0.15) is 11.5 Å². The van der Waals surface area contributed by atoms with E-state index in [1.165, 1.54) is 24.4 Å².